The maximum absolute atomic E-state index is 12.4. The zero-order valence-electron chi connectivity index (χ0n) is 27.5. The second-order valence-electron chi connectivity index (χ2n) is 12.9. The average Bonchev–Trinajstić information content (AvgIpc) is 2.95. The second-order valence-corrected chi connectivity index (χ2v) is 12.9. The fraction of sp³-hybridized carbons (Fsp3) is 0.941. The Hall–Kier alpha value is -1.22. The Bertz CT molecular complexity index is 650. The van der Waals surface area contributed by atoms with Crippen LogP contribution in [0.2, 0.25) is 0 Å². The number of aliphatic hydroxyl groups is 3. The molecule has 0 saturated carbocycles. The molecule has 42 heavy (non-hydrogen) atoms. The number of piperazine rings is 1. The van der Waals surface area contributed by atoms with Crippen LogP contribution < -0.4 is 10.6 Å². The molecule has 1 saturated heterocycles. The first-order valence-electron chi connectivity index (χ1n) is 17.7. The Morgan fingerprint density at radius 1 is 0.619 bits per heavy atom. The molecule has 1 aliphatic rings. The standard InChI is InChI=1S/C34H67N3O5/c1-4-6-8-10-12-14-16-18-22-29(39)26-37(27-30(40)23-19-17-15-13-11-9-7-5-2)25-21-20-24-31-33(41)36-32(28(3)38)34(42)35-31/h28-32,38-40H,4-27H2,1-3H3,(H,35,42)(H,36,41). The first-order valence-corrected chi connectivity index (χ1v) is 17.7. The van der Waals surface area contributed by atoms with Crippen LogP contribution in [0.1, 0.15) is 156 Å². The number of aliphatic hydroxyl groups excluding tert-OH is 3. The quantitative estimate of drug-likeness (QED) is 0.0748. The van der Waals surface area contributed by atoms with E-state index in [1.54, 1.807) is 0 Å². The van der Waals surface area contributed by atoms with Crippen LogP contribution in [0.4, 0.5) is 0 Å². The molecule has 5 N–H and O–H groups in total. The molecule has 0 aromatic carbocycles. The fourth-order valence-corrected chi connectivity index (χ4v) is 5.94. The van der Waals surface area contributed by atoms with Crippen molar-refractivity contribution < 1.29 is 24.9 Å². The summed E-state index contributed by atoms with van der Waals surface area (Å²) in [7, 11) is 0. The molecule has 0 bridgehead atoms. The summed E-state index contributed by atoms with van der Waals surface area (Å²) in [5, 5.41) is 36.6. The maximum Gasteiger partial charge on any atom is 0.245 e. The highest BCUT2D eigenvalue weighted by atomic mass is 16.3. The SMILES string of the molecule is CCCCCCCCCCC(O)CN(CCCCC1NC(=O)C(C(C)O)NC1=O)CC(O)CCCCCCCCCC. The van der Waals surface area contributed by atoms with Gasteiger partial charge in [-0.1, -0.05) is 117 Å². The Labute approximate surface area is 257 Å². The number of nitrogens with zero attached hydrogens (tertiary/aromatic N) is 1. The summed E-state index contributed by atoms with van der Waals surface area (Å²) < 4.78 is 0. The highest BCUT2D eigenvalue weighted by molar-refractivity contribution is 5.97. The summed E-state index contributed by atoms with van der Waals surface area (Å²) in [5.41, 5.74) is 0. The Kier molecular flexibility index (Phi) is 23.2. The van der Waals surface area contributed by atoms with E-state index in [1.807, 2.05) is 0 Å². The Morgan fingerprint density at radius 3 is 1.52 bits per heavy atom. The molecule has 8 heteroatoms. The number of carbonyl (C=O) groups is 2. The number of carbonyl (C=O) groups excluding carboxylic acids is 2. The van der Waals surface area contributed by atoms with Crippen molar-refractivity contribution in [3.05, 3.63) is 0 Å². The lowest BCUT2D eigenvalue weighted by Crippen LogP contribution is -2.64. The molecule has 0 aromatic heterocycles. The van der Waals surface area contributed by atoms with Crippen LogP contribution in [0.25, 0.3) is 0 Å². The van der Waals surface area contributed by atoms with Crippen LogP contribution in [-0.2, 0) is 9.59 Å². The molecule has 0 radical (unpaired) electrons. The van der Waals surface area contributed by atoms with Crippen molar-refractivity contribution in [1.29, 1.82) is 0 Å². The predicted molar refractivity (Wildman–Crippen MR) is 172 cm³/mol. The lowest BCUT2D eigenvalue weighted by atomic mass is 10.0. The molecule has 1 fully saturated rings. The van der Waals surface area contributed by atoms with Gasteiger partial charge in [0.2, 0.25) is 11.8 Å². The van der Waals surface area contributed by atoms with Gasteiger partial charge in [-0.25, -0.2) is 0 Å². The normalized spacial score (nSPS) is 19.5. The summed E-state index contributed by atoms with van der Waals surface area (Å²) in [6.45, 7) is 7.82. The second kappa shape index (κ2) is 25.1. The van der Waals surface area contributed by atoms with Gasteiger partial charge in [-0.05, 0) is 45.6 Å². The van der Waals surface area contributed by atoms with E-state index in [0.29, 0.717) is 19.5 Å². The van der Waals surface area contributed by atoms with Crippen LogP contribution in [0.5, 0.6) is 0 Å². The van der Waals surface area contributed by atoms with Crippen molar-refractivity contribution in [3.8, 4) is 0 Å². The summed E-state index contributed by atoms with van der Waals surface area (Å²) in [5.74, 6) is -0.594. The van der Waals surface area contributed by atoms with Gasteiger partial charge in [0.05, 0.1) is 18.3 Å². The summed E-state index contributed by atoms with van der Waals surface area (Å²) in [6, 6.07) is -1.48. The van der Waals surface area contributed by atoms with Crippen molar-refractivity contribution in [2.24, 2.45) is 0 Å². The van der Waals surface area contributed by atoms with Crippen LogP contribution >= 0.6 is 0 Å². The molecule has 1 aliphatic heterocycles. The third-order valence-corrected chi connectivity index (χ3v) is 8.63. The van der Waals surface area contributed by atoms with Crippen LogP contribution in [0.3, 0.4) is 0 Å². The van der Waals surface area contributed by atoms with Crippen molar-refractivity contribution in [3.63, 3.8) is 0 Å². The third-order valence-electron chi connectivity index (χ3n) is 8.63. The van der Waals surface area contributed by atoms with E-state index in [-0.39, 0.29) is 11.8 Å². The van der Waals surface area contributed by atoms with Gasteiger partial charge >= 0.3 is 0 Å². The molecule has 248 valence electrons. The lowest BCUT2D eigenvalue weighted by molar-refractivity contribution is -0.139. The highest BCUT2D eigenvalue weighted by Gasteiger charge is 2.35. The zero-order valence-corrected chi connectivity index (χ0v) is 27.5. The average molecular weight is 598 g/mol. The van der Waals surface area contributed by atoms with Gasteiger partial charge in [0.25, 0.3) is 0 Å². The predicted octanol–water partition coefficient (Wildman–Crippen LogP) is 5.61. The van der Waals surface area contributed by atoms with E-state index >= 15 is 0 Å². The summed E-state index contributed by atoms with van der Waals surface area (Å²) in [4.78, 5) is 26.8. The molecule has 0 aliphatic carbocycles. The van der Waals surface area contributed by atoms with Crippen LogP contribution in [0.15, 0.2) is 0 Å². The molecule has 0 aromatic rings. The monoisotopic (exact) mass is 598 g/mol. The first-order chi connectivity index (χ1) is 20.3. The van der Waals surface area contributed by atoms with Gasteiger partial charge in [0.1, 0.15) is 12.1 Å². The van der Waals surface area contributed by atoms with E-state index in [9.17, 15) is 24.9 Å². The van der Waals surface area contributed by atoms with E-state index < -0.39 is 30.4 Å². The van der Waals surface area contributed by atoms with Crippen LogP contribution in [0, 0.1) is 0 Å². The summed E-state index contributed by atoms with van der Waals surface area (Å²) >= 11 is 0. The number of amides is 2. The highest BCUT2D eigenvalue weighted by Crippen LogP contribution is 2.15. The van der Waals surface area contributed by atoms with Gasteiger partial charge in [0.15, 0.2) is 0 Å². The van der Waals surface area contributed by atoms with Gasteiger partial charge in [-0.3, -0.25) is 14.5 Å². The molecule has 1 heterocycles. The van der Waals surface area contributed by atoms with E-state index in [2.05, 4.69) is 29.4 Å². The molecule has 5 unspecified atom stereocenters. The Balaban J connectivity index is 2.42. The van der Waals surface area contributed by atoms with E-state index in [0.717, 1.165) is 57.9 Å². The summed E-state index contributed by atoms with van der Waals surface area (Å²) in [6.07, 6.45) is 21.8. The van der Waals surface area contributed by atoms with Crippen LogP contribution in [-0.4, -0.2) is 82.1 Å². The number of hydrogen-bond acceptors (Lipinski definition) is 6. The lowest BCUT2D eigenvalue weighted by Gasteiger charge is -2.31. The fourth-order valence-electron chi connectivity index (χ4n) is 5.94. The van der Waals surface area contributed by atoms with Gasteiger partial charge in [-0.15, -0.1) is 0 Å². The van der Waals surface area contributed by atoms with E-state index in [4.69, 9.17) is 0 Å². The van der Waals surface area contributed by atoms with Crippen molar-refractivity contribution >= 4 is 11.8 Å². The molecule has 8 nitrogen and oxygen atoms in total. The molecular weight excluding hydrogens is 530 g/mol. The van der Waals surface area contributed by atoms with Crippen molar-refractivity contribution in [1.82, 2.24) is 15.5 Å². The Morgan fingerprint density at radius 2 is 1.07 bits per heavy atom. The molecule has 1 rings (SSSR count). The topological polar surface area (TPSA) is 122 Å². The van der Waals surface area contributed by atoms with Crippen molar-refractivity contribution in [2.45, 2.75) is 186 Å². The number of unbranched alkanes of at least 4 members (excludes halogenated alkanes) is 15. The number of hydrogen-bond donors (Lipinski definition) is 5. The minimum atomic E-state index is -0.932. The minimum Gasteiger partial charge on any atom is -0.392 e. The number of rotatable bonds is 28. The zero-order chi connectivity index (χ0) is 31.0. The van der Waals surface area contributed by atoms with Gasteiger partial charge in [0, 0.05) is 13.1 Å². The first kappa shape index (κ1) is 38.8. The molecule has 0 spiro atoms. The molecular formula is C34H67N3O5. The number of nitrogens with one attached hydrogen (secondary N) is 2. The van der Waals surface area contributed by atoms with Gasteiger partial charge in [-0.2, -0.15) is 0 Å². The maximum atomic E-state index is 12.4. The largest absolute Gasteiger partial charge is 0.392 e. The third kappa shape index (κ3) is 19.1. The molecule has 5 atom stereocenters. The smallest absolute Gasteiger partial charge is 0.245 e. The van der Waals surface area contributed by atoms with Crippen molar-refractivity contribution in [2.75, 3.05) is 19.6 Å². The van der Waals surface area contributed by atoms with E-state index in [1.165, 1.54) is 84.0 Å². The minimum absolute atomic E-state index is 0.251. The van der Waals surface area contributed by atoms with Gasteiger partial charge < -0.3 is 26.0 Å². The molecule has 2 amide bonds.